The van der Waals surface area contributed by atoms with Gasteiger partial charge in [0, 0.05) is 70.3 Å². The van der Waals surface area contributed by atoms with Crippen LogP contribution < -0.4 is 25.6 Å². The van der Waals surface area contributed by atoms with Crippen LogP contribution >= 0.6 is 23.5 Å². The zero-order valence-corrected chi connectivity index (χ0v) is 31.5. The first-order chi connectivity index (χ1) is 26.7. The maximum absolute atomic E-state index is 6.45. The molecule has 0 fully saturated rings. The lowest BCUT2D eigenvalue weighted by molar-refractivity contribution is 0.669. The highest BCUT2D eigenvalue weighted by molar-refractivity contribution is 8.01. The van der Waals surface area contributed by atoms with Gasteiger partial charge in [-0.2, -0.15) is 0 Å². The minimum absolute atomic E-state index is 0.865. The predicted molar refractivity (Wildman–Crippen MR) is 228 cm³/mol. The monoisotopic (exact) mass is 743 g/mol. The van der Waals surface area contributed by atoms with Crippen LogP contribution in [0.5, 0.6) is 0 Å². The van der Waals surface area contributed by atoms with Crippen molar-refractivity contribution in [1.29, 1.82) is 0 Å². The SMILES string of the molecule is c1ccc2c(c1)Sc1ccccc1[Si]21c2ccccc2Sc2cc(N(c3ccc4c(c3)oc3ccccc34)c3ccc4c(c3)oc3ccccc34)ccc21. The Kier molecular flexibility index (Phi) is 6.52. The molecule has 0 bridgehead atoms. The molecular weight excluding hydrogens is 715 g/mol. The van der Waals surface area contributed by atoms with Crippen molar-refractivity contribution in [2.24, 2.45) is 0 Å². The van der Waals surface area contributed by atoms with Gasteiger partial charge in [-0.25, -0.2) is 0 Å². The van der Waals surface area contributed by atoms with Gasteiger partial charge in [-0.15, -0.1) is 0 Å². The molecule has 0 aliphatic carbocycles. The van der Waals surface area contributed by atoms with Crippen LogP contribution in [0, 0.1) is 0 Å². The fourth-order valence-electron chi connectivity index (χ4n) is 8.90. The molecule has 2 aromatic heterocycles. The van der Waals surface area contributed by atoms with E-state index in [4.69, 9.17) is 8.83 Å². The van der Waals surface area contributed by atoms with E-state index < -0.39 is 8.07 Å². The summed E-state index contributed by atoms with van der Waals surface area (Å²) in [5.74, 6) is 0. The van der Waals surface area contributed by atoms with Gasteiger partial charge in [-0.3, -0.25) is 0 Å². The Labute approximate surface area is 320 Å². The van der Waals surface area contributed by atoms with E-state index in [0.29, 0.717) is 0 Å². The van der Waals surface area contributed by atoms with Crippen LogP contribution in [-0.4, -0.2) is 8.07 Å². The summed E-state index contributed by atoms with van der Waals surface area (Å²) in [6.45, 7) is 0. The lowest BCUT2D eigenvalue weighted by atomic mass is 10.1. The molecule has 8 aromatic carbocycles. The van der Waals surface area contributed by atoms with Gasteiger partial charge < -0.3 is 13.7 Å². The summed E-state index contributed by atoms with van der Waals surface area (Å²) in [7, 11) is -2.67. The van der Waals surface area contributed by atoms with Crippen molar-refractivity contribution >= 4 is 113 Å². The average molecular weight is 744 g/mol. The quantitative estimate of drug-likeness (QED) is 0.168. The first-order valence-electron chi connectivity index (χ1n) is 18.2. The normalized spacial score (nSPS) is 13.9. The smallest absolute Gasteiger partial charge is 0.184 e. The summed E-state index contributed by atoms with van der Waals surface area (Å²) in [6.07, 6.45) is 0. The number of hydrogen-bond acceptors (Lipinski definition) is 5. The van der Waals surface area contributed by atoms with Crippen molar-refractivity contribution in [3.05, 3.63) is 176 Å². The predicted octanol–water partition coefficient (Wildman–Crippen LogP) is 11.3. The number of para-hydroxylation sites is 2. The standard InChI is InChI=1S/C48H29NO2S2Si/c1-3-13-37-33(11-1)35-24-21-30(27-39(35)50-37)49(31-22-25-36-34-12-2-4-14-38(34)51-40(36)28-31)32-23-26-48-44(29-32)53-43-17-7-10-20-47(43)54(48)45-18-8-5-15-41(45)52-42-16-6-9-19-46(42)54/h1-29H. The highest BCUT2D eigenvalue weighted by Crippen LogP contribution is 2.44. The number of hydrogen-bond donors (Lipinski definition) is 0. The summed E-state index contributed by atoms with van der Waals surface area (Å²) in [4.78, 5) is 7.71. The highest BCUT2D eigenvalue weighted by atomic mass is 32.2. The van der Waals surface area contributed by atoms with Gasteiger partial charge in [-0.05, 0) is 87.5 Å². The van der Waals surface area contributed by atoms with E-state index in [1.807, 2.05) is 47.8 Å². The molecule has 0 atom stereocenters. The molecule has 2 aliphatic rings. The Balaban J connectivity index is 1.11. The number of nitrogens with zero attached hydrogens (tertiary/aromatic N) is 1. The van der Waals surface area contributed by atoms with Gasteiger partial charge in [0.25, 0.3) is 0 Å². The van der Waals surface area contributed by atoms with Gasteiger partial charge in [0.05, 0.1) is 0 Å². The van der Waals surface area contributed by atoms with Crippen LogP contribution in [0.3, 0.4) is 0 Å². The molecule has 0 unspecified atom stereocenters. The summed E-state index contributed by atoms with van der Waals surface area (Å²) >= 11 is 3.81. The van der Waals surface area contributed by atoms with Crippen molar-refractivity contribution in [1.82, 2.24) is 0 Å². The zero-order valence-electron chi connectivity index (χ0n) is 28.8. The molecule has 254 valence electrons. The Morgan fingerprint density at radius 2 is 0.722 bits per heavy atom. The fourth-order valence-corrected chi connectivity index (χ4v) is 18.1. The van der Waals surface area contributed by atoms with Crippen molar-refractivity contribution in [3.63, 3.8) is 0 Å². The van der Waals surface area contributed by atoms with Crippen LogP contribution in [-0.2, 0) is 0 Å². The average Bonchev–Trinajstić information content (AvgIpc) is 3.78. The highest BCUT2D eigenvalue weighted by Gasteiger charge is 2.51. The molecule has 0 N–H and O–H groups in total. The van der Waals surface area contributed by atoms with E-state index >= 15 is 0 Å². The Bertz CT molecular complexity index is 2990. The first-order valence-corrected chi connectivity index (χ1v) is 21.8. The molecule has 4 heterocycles. The lowest BCUT2D eigenvalue weighted by Crippen LogP contribution is -2.78. The summed E-state index contributed by atoms with van der Waals surface area (Å²) in [5.41, 5.74) is 6.65. The Morgan fingerprint density at radius 3 is 1.26 bits per heavy atom. The zero-order chi connectivity index (χ0) is 35.4. The molecule has 1 spiro atoms. The molecule has 2 aliphatic heterocycles. The number of rotatable bonds is 3. The molecule has 6 heteroatoms. The van der Waals surface area contributed by atoms with Gasteiger partial charge in [-0.1, -0.05) is 121 Å². The molecule has 0 saturated carbocycles. The van der Waals surface area contributed by atoms with E-state index in [-0.39, 0.29) is 0 Å². The Morgan fingerprint density at radius 1 is 0.333 bits per heavy atom. The molecule has 10 aromatic rings. The van der Waals surface area contributed by atoms with Gasteiger partial charge in [0.15, 0.2) is 8.07 Å². The van der Waals surface area contributed by atoms with Crippen LogP contribution in [0.1, 0.15) is 0 Å². The minimum Gasteiger partial charge on any atom is -0.456 e. The summed E-state index contributed by atoms with van der Waals surface area (Å²) in [6, 6.07) is 64.3. The molecular formula is C48H29NO2S2Si. The van der Waals surface area contributed by atoms with Crippen molar-refractivity contribution in [2.45, 2.75) is 19.6 Å². The molecule has 3 nitrogen and oxygen atoms in total. The first kappa shape index (κ1) is 30.5. The maximum Gasteiger partial charge on any atom is 0.184 e. The van der Waals surface area contributed by atoms with Crippen molar-refractivity contribution in [3.8, 4) is 0 Å². The van der Waals surface area contributed by atoms with Crippen LogP contribution in [0.2, 0.25) is 0 Å². The molecule has 54 heavy (non-hydrogen) atoms. The second kappa shape index (κ2) is 11.5. The lowest BCUT2D eigenvalue weighted by Gasteiger charge is -2.44. The second-order valence-corrected chi connectivity index (χ2v) is 19.8. The minimum atomic E-state index is -2.67. The molecule has 0 saturated heterocycles. The number of anilines is 3. The third-order valence-electron chi connectivity index (χ3n) is 11.2. The van der Waals surface area contributed by atoms with Gasteiger partial charge in [0.2, 0.25) is 0 Å². The van der Waals surface area contributed by atoms with Crippen LogP contribution in [0.15, 0.2) is 204 Å². The second-order valence-electron chi connectivity index (χ2n) is 14.0. The fraction of sp³-hybridized carbons (Fsp3) is 0. The largest absolute Gasteiger partial charge is 0.456 e. The number of benzene rings is 8. The van der Waals surface area contributed by atoms with Crippen LogP contribution in [0.4, 0.5) is 17.1 Å². The third-order valence-corrected chi connectivity index (χ3v) is 19.2. The molecule has 0 radical (unpaired) electrons. The van der Waals surface area contributed by atoms with E-state index in [2.05, 4.69) is 157 Å². The third kappa shape index (κ3) is 4.27. The van der Waals surface area contributed by atoms with E-state index in [1.54, 1.807) is 0 Å². The topological polar surface area (TPSA) is 29.5 Å². The molecule has 0 amide bonds. The van der Waals surface area contributed by atoms with Crippen molar-refractivity contribution in [2.75, 3.05) is 4.90 Å². The van der Waals surface area contributed by atoms with Crippen molar-refractivity contribution < 1.29 is 8.83 Å². The van der Waals surface area contributed by atoms with Gasteiger partial charge >= 0.3 is 0 Å². The molecule has 12 rings (SSSR count). The number of fused-ring (bicyclic) bond motifs is 14. The van der Waals surface area contributed by atoms with E-state index in [1.165, 1.54) is 40.3 Å². The van der Waals surface area contributed by atoms with Crippen LogP contribution in [0.25, 0.3) is 43.9 Å². The number of furan rings is 2. The maximum atomic E-state index is 6.45. The Hall–Kier alpha value is -5.92. The van der Waals surface area contributed by atoms with E-state index in [0.717, 1.165) is 60.9 Å². The summed E-state index contributed by atoms with van der Waals surface area (Å²) < 4.78 is 12.9. The summed E-state index contributed by atoms with van der Waals surface area (Å²) in [5, 5.41) is 10.3. The van der Waals surface area contributed by atoms with Gasteiger partial charge in [0.1, 0.15) is 22.3 Å². The van der Waals surface area contributed by atoms with E-state index in [9.17, 15) is 0 Å².